The number of amides is 3. The molecule has 2 heterocycles. The maximum Gasteiger partial charge on any atom is 0.413 e. The van der Waals surface area contributed by atoms with Crippen LogP contribution in [0, 0.1) is 13.8 Å². The zero-order valence-corrected chi connectivity index (χ0v) is 16.1. The lowest BCUT2D eigenvalue weighted by Gasteiger charge is -2.07. The monoisotopic (exact) mass is 400 g/mol. The molecule has 9 heteroatoms. The number of benzene rings is 1. The van der Waals surface area contributed by atoms with E-state index in [9.17, 15) is 19.2 Å². The Bertz CT molecular complexity index is 1160. The number of hydrogen-bond acceptors (Lipinski definition) is 7. The Morgan fingerprint density at radius 3 is 2.54 bits per heavy atom. The molecule has 8 nitrogen and oxygen atoms in total. The number of aryl methyl sites for hydroxylation is 1. The minimum absolute atomic E-state index is 0.131. The van der Waals surface area contributed by atoms with Crippen molar-refractivity contribution in [1.29, 1.82) is 0 Å². The van der Waals surface area contributed by atoms with Gasteiger partial charge in [0, 0.05) is 10.3 Å². The first kappa shape index (κ1) is 19.3. The van der Waals surface area contributed by atoms with Crippen molar-refractivity contribution < 1.29 is 23.5 Å². The highest BCUT2D eigenvalue weighted by Gasteiger charge is 2.24. The quantitative estimate of drug-likeness (QED) is 0.653. The van der Waals surface area contributed by atoms with Crippen molar-refractivity contribution >= 4 is 45.2 Å². The number of fused-ring (bicyclic) bond motifs is 1. The van der Waals surface area contributed by atoms with Crippen LogP contribution in [0.1, 0.15) is 31.2 Å². The van der Waals surface area contributed by atoms with E-state index in [1.54, 1.807) is 38.1 Å². The Morgan fingerprint density at radius 1 is 1.11 bits per heavy atom. The molecule has 0 saturated carbocycles. The van der Waals surface area contributed by atoms with Gasteiger partial charge in [-0.05, 0) is 31.5 Å². The van der Waals surface area contributed by atoms with Gasteiger partial charge < -0.3 is 14.5 Å². The first-order chi connectivity index (χ1) is 13.3. The predicted octanol–water partition coefficient (Wildman–Crippen LogP) is 3.22. The summed E-state index contributed by atoms with van der Waals surface area (Å²) in [5, 5.41) is 5.45. The number of methoxy groups -OCH3 is 1. The molecule has 0 aliphatic carbocycles. The molecular formula is C19H16N2O6S. The third-order valence-corrected chi connectivity index (χ3v) is 5.25. The smallest absolute Gasteiger partial charge is 0.413 e. The maximum absolute atomic E-state index is 12.7. The average molecular weight is 400 g/mol. The van der Waals surface area contributed by atoms with Crippen LogP contribution >= 0.6 is 11.3 Å². The zero-order chi connectivity index (χ0) is 20.4. The van der Waals surface area contributed by atoms with E-state index in [4.69, 9.17) is 4.42 Å². The molecule has 28 heavy (non-hydrogen) atoms. The van der Waals surface area contributed by atoms with Crippen LogP contribution in [0.25, 0.3) is 11.0 Å². The van der Waals surface area contributed by atoms with E-state index in [1.807, 2.05) is 0 Å². The number of ether oxygens (including phenoxy) is 1. The highest BCUT2D eigenvalue weighted by Crippen LogP contribution is 2.32. The topological polar surface area (TPSA) is 115 Å². The lowest BCUT2D eigenvalue weighted by molar-refractivity contribution is 0.0937. The number of alkyl carbamates (subject to hydrolysis) is 1. The fourth-order valence-electron chi connectivity index (χ4n) is 2.59. The van der Waals surface area contributed by atoms with Crippen LogP contribution in [0.4, 0.5) is 9.80 Å². The SMILES string of the molecule is COC(=O)NC(=O)c1c(NC(=O)c2cc3ccccc3oc2=O)sc(C)c1C. The summed E-state index contributed by atoms with van der Waals surface area (Å²) in [5.41, 5.74) is 0.118. The Labute approximate surface area is 163 Å². The molecule has 0 aliphatic heterocycles. The number of carbonyl (C=O) groups excluding carboxylic acids is 3. The van der Waals surface area contributed by atoms with Crippen LogP contribution in [0.5, 0.6) is 0 Å². The van der Waals surface area contributed by atoms with Crippen molar-refractivity contribution in [3.8, 4) is 0 Å². The number of nitrogens with one attached hydrogen (secondary N) is 2. The summed E-state index contributed by atoms with van der Waals surface area (Å²) in [6.07, 6.45) is -0.916. The van der Waals surface area contributed by atoms with Gasteiger partial charge in [-0.1, -0.05) is 18.2 Å². The molecule has 0 radical (unpaired) electrons. The highest BCUT2D eigenvalue weighted by atomic mass is 32.1. The normalized spacial score (nSPS) is 10.5. The van der Waals surface area contributed by atoms with Crippen LogP contribution in [0.15, 0.2) is 39.5 Å². The molecule has 2 N–H and O–H groups in total. The van der Waals surface area contributed by atoms with Crippen molar-refractivity contribution in [1.82, 2.24) is 5.32 Å². The van der Waals surface area contributed by atoms with Gasteiger partial charge in [0.25, 0.3) is 11.8 Å². The predicted molar refractivity (Wildman–Crippen MR) is 104 cm³/mol. The van der Waals surface area contributed by atoms with Crippen molar-refractivity contribution in [2.24, 2.45) is 0 Å². The van der Waals surface area contributed by atoms with Gasteiger partial charge >= 0.3 is 11.7 Å². The third-order valence-electron chi connectivity index (χ3n) is 4.13. The lowest BCUT2D eigenvalue weighted by atomic mass is 10.1. The van der Waals surface area contributed by atoms with Crippen molar-refractivity contribution in [3.05, 3.63) is 62.3 Å². The summed E-state index contributed by atoms with van der Waals surface area (Å²) in [5.74, 6) is -1.43. The largest absolute Gasteiger partial charge is 0.453 e. The van der Waals surface area contributed by atoms with E-state index in [0.717, 1.165) is 23.3 Å². The van der Waals surface area contributed by atoms with Gasteiger partial charge in [-0.25, -0.2) is 9.59 Å². The summed E-state index contributed by atoms with van der Waals surface area (Å²) in [4.78, 5) is 49.4. The summed E-state index contributed by atoms with van der Waals surface area (Å²) in [6.45, 7) is 3.47. The van der Waals surface area contributed by atoms with Crippen LogP contribution in [0.2, 0.25) is 0 Å². The third kappa shape index (κ3) is 3.65. The molecule has 3 aromatic rings. The molecule has 0 fully saturated rings. The van der Waals surface area contributed by atoms with Gasteiger partial charge in [0.1, 0.15) is 16.1 Å². The molecular weight excluding hydrogens is 384 g/mol. The summed E-state index contributed by atoms with van der Waals surface area (Å²) < 4.78 is 9.60. The van der Waals surface area contributed by atoms with E-state index in [-0.39, 0.29) is 16.1 Å². The number of thiophene rings is 1. The first-order valence-corrected chi connectivity index (χ1v) is 8.97. The van der Waals surface area contributed by atoms with Gasteiger partial charge in [-0.3, -0.25) is 14.9 Å². The Morgan fingerprint density at radius 2 is 1.82 bits per heavy atom. The number of para-hydroxylation sites is 1. The highest BCUT2D eigenvalue weighted by molar-refractivity contribution is 7.16. The number of imide groups is 1. The minimum atomic E-state index is -0.916. The molecule has 0 spiro atoms. The van der Waals surface area contributed by atoms with Crippen LogP contribution in [0.3, 0.4) is 0 Å². The second kappa shape index (κ2) is 7.65. The molecule has 0 unspecified atom stereocenters. The van der Waals surface area contributed by atoms with Gasteiger partial charge in [0.05, 0.1) is 12.7 Å². The molecule has 0 aliphatic rings. The molecule has 2 aromatic heterocycles. The second-order valence-electron chi connectivity index (χ2n) is 5.87. The van der Waals surface area contributed by atoms with Crippen molar-refractivity contribution in [3.63, 3.8) is 0 Å². The van der Waals surface area contributed by atoms with Gasteiger partial charge in [-0.2, -0.15) is 0 Å². The van der Waals surface area contributed by atoms with Crippen LogP contribution in [-0.2, 0) is 4.74 Å². The number of hydrogen-bond donors (Lipinski definition) is 2. The van der Waals surface area contributed by atoms with Gasteiger partial charge in [0.2, 0.25) is 0 Å². The number of anilines is 1. The van der Waals surface area contributed by atoms with E-state index in [1.165, 1.54) is 6.07 Å². The van der Waals surface area contributed by atoms with Crippen LogP contribution in [-0.4, -0.2) is 25.0 Å². The van der Waals surface area contributed by atoms with Crippen molar-refractivity contribution in [2.75, 3.05) is 12.4 Å². The summed E-state index contributed by atoms with van der Waals surface area (Å²) >= 11 is 1.16. The lowest BCUT2D eigenvalue weighted by Crippen LogP contribution is -2.31. The molecule has 0 bridgehead atoms. The number of rotatable bonds is 3. The van der Waals surface area contributed by atoms with E-state index < -0.39 is 23.5 Å². The minimum Gasteiger partial charge on any atom is -0.453 e. The van der Waals surface area contributed by atoms with E-state index >= 15 is 0 Å². The van der Waals surface area contributed by atoms with Gasteiger partial charge in [0.15, 0.2) is 0 Å². The standard InChI is InChI=1S/C19H16N2O6S/c1-9-10(2)28-17(14(9)16(23)21-19(25)26-3)20-15(22)12-8-11-6-4-5-7-13(11)27-18(12)24/h4-8H,1-3H3,(H,20,22)(H,21,23,25). The fraction of sp³-hybridized carbons (Fsp3) is 0.158. The fourth-order valence-corrected chi connectivity index (χ4v) is 3.64. The molecule has 3 rings (SSSR count). The van der Waals surface area contributed by atoms with Gasteiger partial charge in [-0.15, -0.1) is 11.3 Å². The van der Waals surface area contributed by atoms with E-state index in [2.05, 4.69) is 15.4 Å². The number of carbonyl (C=O) groups is 3. The maximum atomic E-state index is 12.7. The Balaban J connectivity index is 1.96. The Kier molecular flexibility index (Phi) is 5.27. The van der Waals surface area contributed by atoms with Crippen LogP contribution < -0.4 is 16.3 Å². The van der Waals surface area contributed by atoms with E-state index in [0.29, 0.717) is 16.5 Å². The Hall–Kier alpha value is -3.46. The average Bonchev–Trinajstić information content (AvgIpc) is 2.94. The zero-order valence-electron chi connectivity index (χ0n) is 15.2. The molecule has 3 amide bonds. The van der Waals surface area contributed by atoms with Crippen molar-refractivity contribution in [2.45, 2.75) is 13.8 Å². The molecule has 144 valence electrons. The summed E-state index contributed by atoms with van der Waals surface area (Å²) in [6, 6.07) is 8.24. The first-order valence-electron chi connectivity index (χ1n) is 8.15. The molecule has 0 atom stereocenters. The molecule has 0 saturated heterocycles. The summed E-state index contributed by atoms with van der Waals surface area (Å²) in [7, 11) is 1.13. The second-order valence-corrected chi connectivity index (χ2v) is 7.10. The molecule has 1 aromatic carbocycles.